The summed E-state index contributed by atoms with van der Waals surface area (Å²) in [7, 11) is 3.09. The van der Waals surface area contributed by atoms with E-state index in [-0.39, 0.29) is 0 Å². The molecule has 0 unspecified atom stereocenters. The lowest BCUT2D eigenvalue weighted by Crippen LogP contribution is -2.07. The molecule has 4 heteroatoms. The van der Waals surface area contributed by atoms with Gasteiger partial charge in [-0.2, -0.15) is 0 Å². The Morgan fingerprint density at radius 2 is 2.00 bits per heavy atom. The van der Waals surface area contributed by atoms with Gasteiger partial charge in [-0.3, -0.25) is 0 Å². The van der Waals surface area contributed by atoms with Crippen LogP contribution in [0.3, 0.4) is 0 Å². The van der Waals surface area contributed by atoms with Gasteiger partial charge in [-0.25, -0.2) is 0 Å². The fraction of sp³-hybridized carbons (Fsp3) is 0.250. The van der Waals surface area contributed by atoms with Crippen LogP contribution in [0.15, 0.2) is 42.1 Å². The van der Waals surface area contributed by atoms with Crippen molar-refractivity contribution < 1.29 is 14.3 Å². The summed E-state index contributed by atoms with van der Waals surface area (Å²) in [6, 6.07) is 7.36. The molecule has 0 fully saturated rings. The molecule has 0 aromatic heterocycles. The molecule has 0 saturated carbocycles. The van der Waals surface area contributed by atoms with Crippen LogP contribution >= 0.6 is 0 Å². The Morgan fingerprint density at radius 1 is 1.31 bits per heavy atom. The molecule has 0 saturated heterocycles. The highest BCUT2D eigenvalue weighted by Crippen LogP contribution is 2.12. The Kier molecular flexibility index (Phi) is 4.92. The second kappa shape index (κ2) is 6.50. The van der Waals surface area contributed by atoms with Crippen molar-refractivity contribution in [1.82, 2.24) is 0 Å². The molecule has 0 aliphatic rings. The Balaban J connectivity index is 2.83. The minimum atomic E-state index is 0.383. The summed E-state index contributed by atoms with van der Waals surface area (Å²) in [5, 5.41) is 3.79. The van der Waals surface area contributed by atoms with Crippen LogP contribution in [0, 0.1) is 0 Å². The zero-order valence-corrected chi connectivity index (χ0v) is 9.47. The molecule has 0 spiro atoms. The van der Waals surface area contributed by atoms with Crippen molar-refractivity contribution in [2.75, 3.05) is 20.8 Å². The fourth-order valence-electron chi connectivity index (χ4n) is 1.12. The normalized spacial score (nSPS) is 10.8. The molecule has 1 rings (SSSR count). The van der Waals surface area contributed by atoms with E-state index in [1.54, 1.807) is 13.2 Å². The van der Waals surface area contributed by atoms with Crippen molar-refractivity contribution in [3.63, 3.8) is 0 Å². The number of hydrogen-bond donors (Lipinski definition) is 0. The first kappa shape index (κ1) is 12.1. The van der Waals surface area contributed by atoms with E-state index in [9.17, 15) is 0 Å². The summed E-state index contributed by atoms with van der Waals surface area (Å²) < 4.78 is 10.4. The third kappa shape index (κ3) is 3.31. The topological polar surface area (TPSA) is 40.0 Å². The molecule has 0 atom stereocenters. The monoisotopic (exact) mass is 221 g/mol. The highest BCUT2D eigenvalue weighted by Gasteiger charge is 2.05. The predicted molar refractivity (Wildman–Crippen MR) is 62.7 cm³/mol. The summed E-state index contributed by atoms with van der Waals surface area (Å²) in [5.74, 6) is 1.20. The van der Waals surface area contributed by atoms with Crippen LogP contribution in [0.5, 0.6) is 5.75 Å². The molecule has 0 heterocycles. The number of rotatable bonds is 5. The van der Waals surface area contributed by atoms with E-state index in [1.165, 1.54) is 7.11 Å². The molecule has 0 amide bonds. The maximum atomic E-state index is 5.36. The number of methoxy groups -OCH3 is 1. The van der Waals surface area contributed by atoms with Crippen molar-refractivity contribution in [1.29, 1.82) is 0 Å². The van der Waals surface area contributed by atoms with Gasteiger partial charge in [0, 0.05) is 5.56 Å². The van der Waals surface area contributed by atoms with E-state index >= 15 is 0 Å². The van der Waals surface area contributed by atoms with Gasteiger partial charge in [-0.05, 0) is 29.4 Å². The maximum Gasteiger partial charge on any atom is 0.257 e. The SMILES string of the molecule is C=CCO/C(=N\OC)c1ccc(OC)cc1. The van der Waals surface area contributed by atoms with E-state index in [4.69, 9.17) is 14.3 Å². The van der Waals surface area contributed by atoms with Gasteiger partial charge in [0.1, 0.15) is 19.5 Å². The average molecular weight is 221 g/mol. The van der Waals surface area contributed by atoms with Gasteiger partial charge in [-0.1, -0.05) is 12.7 Å². The zero-order valence-electron chi connectivity index (χ0n) is 9.47. The second-order valence-electron chi connectivity index (χ2n) is 2.91. The van der Waals surface area contributed by atoms with Crippen LogP contribution in [0.25, 0.3) is 0 Å². The van der Waals surface area contributed by atoms with Gasteiger partial charge in [0.15, 0.2) is 0 Å². The van der Waals surface area contributed by atoms with Gasteiger partial charge < -0.3 is 14.3 Å². The van der Waals surface area contributed by atoms with E-state index in [2.05, 4.69) is 11.7 Å². The lowest BCUT2D eigenvalue weighted by molar-refractivity contribution is 0.196. The Labute approximate surface area is 95.1 Å². The summed E-state index contributed by atoms with van der Waals surface area (Å²) in [4.78, 5) is 4.71. The molecule has 0 aliphatic heterocycles. The smallest absolute Gasteiger partial charge is 0.257 e. The number of ether oxygens (including phenoxy) is 2. The molecule has 1 aromatic carbocycles. The fourth-order valence-corrected chi connectivity index (χ4v) is 1.12. The largest absolute Gasteiger partial charge is 0.497 e. The molecule has 1 aromatic rings. The van der Waals surface area contributed by atoms with Crippen LogP contribution in [0.1, 0.15) is 5.56 Å². The highest BCUT2D eigenvalue weighted by molar-refractivity contribution is 5.93. The van der Waals surface area contributed by atoms with Crippen LogP contribution < -0.4 is 4.74 Å². The number of oxime groups is 1. The minimum Gasteiger partial charge on any atom is -0.497 e. The summed E-state index contributed by atoms with van der Waals surface area (Å²) >= 11 is 0. The average Bonchev–Trinajstić information content (AvgIpc) is 2.35. The zero-order chi connectivity index (χ0) is 11.8. The summed E-state index contributed by atoms with van der Waals surface area (Å²) in [6.45, 7) is 3.96. The Hall–Kier alpha value is -1.97. The molecule has 0 radical (unpaired) electrons. The number of hydrogen-bond acceptors (Lipinski definition) is 4. The van der Waals surface area contributed by atoms with E-state index in [0.717, 1.165) is 11.3 Å². The standard InChI is InChI=1S/C12H15NO3/c1-4-9-16-12(13-15-3)10-5-7-11(14-2)8-6-10/h4-8H,1,9H2,2-3H3/b13-12-. The van der Waals surface area contributed by atoms with E-state index in [0.29, 0.717) is 12.5 Å². The van der Waals surface area contributed by atoms with Crippen LogP contribution in [-0.4, -0.2) is 26.7 Å². The summed E-state index contributed by atoms with van der Waals surface area (Å²) in [5.41, 5.74) is 0.824. The van der Waals surface area contributed by atoms with Crippen molar-refractivity contribution in [2.45, 2.75) is 0 Å². The molecule has 4 nitrogen and oxygen atoms in total. The first-order chi connectivity index (χ1) is 7.81. The molecular formula is C12H15NO3. The van der Waals surface area contributed by atoms with Crippen molar-refractivity contribution >= 4 is 5.90 Å². The molecule has 0 aliphatic carbocycles. The third-order valence-electron chi connectivity index (χ3n) is 1.85. The molecular weight excluding hydrogens is 206 g/mol. The van der Waals surface area contributed by atoms with Crippen molar-refractivity contribution in [3.8, 4) is 5.75 Å². The minimum absolute atomic E-state index is 0.383. The van der Waals surface area contributed by atoms with Gasteiger partial charge in [0.05, 0.1) is 7.11 Å². The quantitative estimate of drug-likeness (QED) is 0.331. The van der Waals surface area contributed by atoms with Crippen molar-refractivity contribution in [3.05, 3.63) is 42.5 Å². The first-order valence-electron chi connectivity index (χ1n) is 4.81. The van der Waals surface area contributed by atoms with Gasteiger partial charge in [-0.15, -0.1) is 0 Å². The molecule has 0 N–H and O–H groups in total. The van der Waals surface area contributed by atoms with E-state index < -0.39 is 0 Å². The second-order valence-corrected chi connectivity index (χ2v) is 2.91. The van der Waals surface area contributed by atoms with Crippen LogP contribution in [0.4, 0.5) is 0 Å². The van der Waals surface area contributed by atoms with Crippen molar-refractivity contribution in [2.24, 2.45) is 5.16 Å². The Morgan fingerprint density at radius 3 is 2.50 bits per heavy atom. The predicted octanol–water partition coefficient (Wildman–Crippen LogP) is 2.21. The van der Waals surface area contributed by atoms with Crippen LogP contribution in [0.2, 0.25) is 0 Å². The molecule has 0 bridgehead atoms. The first-order valence-corrected chi connectivity index (χ1v) is 4.81. The van der Waals surface area contributed by atoms with E-state index in [1.807, 2.05) is 24.3 Å². The number of benzene rings is 1. The third-order valence-corrected chi connectivity index (χ3v) is 1.85. The lowest BCUT2D eigenvalue weighted by atomic mass is 10.2. The summed E-state index contributed by atoms with van der Waals surface area (Å²) in [6.07, 6.45) is 1.65. The molecule has 86 valence electrons. The lowest BCUT2D eigenvalue weighted by Gasteiger charge is -2.07. The van der Waals surface area contributed by atoms with Gasteiger partial charge in [0.2, 0.25) is 0 Å². The molecule has 16 heavy (non-hydrogen) atoms. The number of nitrogens with zero attached hydrogens (tertiary/aromatic N) is 1. The highest BCUT2D eigenvalue weighted by atomic mass is 16.6. The maximum absolute atomic E-state index is 5.36. The van der Waals surface area contributed by atoms with Gasteiger partial charge >= 0.3 is 0 Å². The van der Waals surface area contributed by atoms with Crippen LogP contribution in [-0.2, 0) is 9.57 Å². The van der Waals surface area contributed by atoms with Gasteiger partial charge in [0.25, 0.3) is 5.90 Å². The Bertz CT molecular complexity index is 357.